The van der Waals surface area contributed by atoms with E-state index in [0.717, 1.165) is 6.07 Å². The van der Waals surface area contributed by atoms with E-state index in [4.69, 9.17) is 10.7 Å². The predicted octanol–water partition coefficient (Wildman–Crippen LogP) is 0.550. The highest BCUT2D eigenvalue weighted by molar-refractivity contribution is 8.13. The summed E-state index contributed by atoms with van der Waals surface area (Å²) >= 11 is 0. The van der Waals surface area contributed by atoms with Crippen LogP contribution in [0.1, 0.15) is 17.4 Å². The number of ketones is 1. The molecule has 1 aromatic heterocycles. The highest BCUT2D eigenvalue weighted by Crippen LogP contribution is 2.14. The lowest BCUT2D eigenvalue weighted by Gasteiger charge is -1.92. The van der Waals surface area contributed by atoms with Gasteiger partial charge in [-0.15, -0.1) is 0 Å². The van der Waals surface area contributed by atoms with Crippen molar-refractivity contribution in [2.45, 2.75) is 11.9 Å². The van der Waals surface area contributed by atoms with Gasteiger partial charge >= 0.3 is 0 Å². The molecule has 5 nitrogen and oxygen atoms in total. The molecule has 0 unspecified atom stereocenters. The molecule has 0 aromatic carbocycles. The van der Waals surface area contributed by atoms with Crippen molar-refractivity contribution in [3.63, 3.8) is 0 Å². The van der Waals surface area contributed by atoms with Crippen molar-refractivity contribution in [3.8, 4) is 0 Å². The molecule has 72 valence electrons. The first-order chi connectivity index (χ1) is 5.82. The molecule has 0 saturated heterocycles. The maximum atomic E-state index is 10.9. The third kappa shape index (κ3) is 2.07. The summed E-state index contributed by atoms with van der Waals surface area (Å²) < 4.78 is 22.8. The Hall–Kier alpha value is -0.880. The molecule has 0 aliphatic rings. The minimum Gasteiger partial charge on any atom is -0.293 e. The SMILES string of the molecule is CC(=O)c1cc(S(=O)(=O)Cl)nn1C. The molecular weight excluding hydrogens is 216 g/mol. The number of carbonyl (C=O) groups excluding carboxylic acids is 1. The summed E-state index contributed by atoms with van der Waals surface area (Å²) in [6.07, 6.45) is 0. The fraction of sp³-hybridized carbons (Fsp3) is 0.333. The zero-order valence-electron chi connectivity index (χ0n) is 6.98. The lowest BCUT2D eigenvalue weighted by Crippen LogP contribution is -2.02. The summed E-state index contributed by atoms with van der Waals surface area (Å²) in [7, 11) is 2.66. The molecule has 0 aliphatic heterocycles. The van der Waals surface area contributed by atoms with Gasteiger partial charge in [0.25, 0.3) is 9.05 Å². The molecule has 7 heteroatoms. The smallest absolute Gasteiger partial charge is 0.280 e. The van der Waals surface area contributed by atoms with Crippen LogP contribution in [0.2, 0.25) is 0 Å². The molecule has 0 amide bonds. The van der Waals surface area contributed by atoms with E-state index >= 15 is 0 Å². The molecule has 0 N–H and O–H groups in total. The highest BCUT2D eigenvalue weighted by atomic mass is 35.7. The number of carbonyl (C=O) groups is 1. The third-order valence-corrected chi connectivity index (χ3v) is 2.64. The van der Waals surface area contributed by atoms with Gasteiger partial charge in [0, 0.05) is 30.7 Å². The van der Waals surface area contributed by atoms with Gasteiger partial charge in [0.05, 0.1) is 0 Å². The average molecular weight is 223 g/mol. The molecule has 0 saturated carbocycles. The van der Waals surface area contributed by atoms with E-state index in [1.54, 1.807) is 0 Å². The van der Waals surface area contributed by atoms with E-state index in [1.165, 1.54) is 18.7 Å². The van der Waals surface area contributed by atoms with Crippen molar-refractivity contribution < 1.29 is 13.2 Å². The van der Waals surface area contributed by atoms with E-state index in [0.29, 0.717) is 0 Å². The van der Waals surface area contributed by atoms with Gasteiger partial charge in [-0.3, -0.25) is 9.48 Å². The topological polar surface area (TPSA) is 69.0 Å². The number of hydrogen-bond acceptors (Lipinski definition) is 4. The molecule has 0 fully saturated rings. The van der Waals surface area contributed by atoms with Gasteiger partial charge in [-0.25, -0.2) is 8.42 Å². The molecule has 0 bridgehead atoms. The second-order valence-electron chi connectivity index (χ2n) is 2.49. The average Bonchev–Trinajstić information content (AvgIpc) is 2.29. The first kappa shape index (κ1) is 10.2. The Kier molecular flexibility index (Phi) is 2.44. The number of halogens is 1. The molecule has 0 radical (unpaired) electrons. The maximum Gasteiger partial charge on any atom is 0.280 e. The van der Waals surface area contributed by atoms with Crippen LogP contribution in [0, 0.1) is 0 Å². The number of Topliss-reactive ketones (excluding diaryl/α,β-unsaturated/α-hetero) is 1. The first-order valence-electron chi connectivity index (χ1n) is 3.32. The summed E-state index contributed by atoms with van der Waals surface area (Å²) in [5, 5.41) is 3.28. The van der Waals surface area contributed by atoms with Gasteiger partial charge in [0.2, 0.25) is 0 Å². The second-order valence-corrected chi connectivity index (χ2v) is 5.00. The van der Waals surface area contributed by atoms with Gasteiger partial charge in [0.1, 0.15) is 5.69 Å². The molecule has 1 rings (SSSR count). The summed E-state index contributed by atoms with van der Waals surface area (Å²) in [5.41, 5.74) is 0.208. The maximum absolute atomic E-state index is 10.9. The Bertz CT molecular complexity index is 448. The molecule has 1 heterocycles. The van der Waals surface area contributed by atoms with Crippen LogP contribution < -0.4 is 0 Å². The van der Waals surface area contributed by atoms with Crippen LogP contribution in [0.5, 0.6) is 0 Å². The van der Waals surface area contributed by atoms with Gasteiger partial charge in [-0.05, 0) is 0 Å². The Morgan fingerprint density at radius 1 is 1.62 bits per heavy atom. The van der Waals surface area contributed by atoms with E-state index in [9.17, 15) is 13.2 Å². The Labute approximate surface area is 79.7 Å². The fourth-order valence-corrected chi connectivity index (χ4v) is 1.59. The van der Waals surface area contributed by atoms with E-state index in [1.807, 2.05) is 0 Å². The molecule has 0 spiro atoms. The Morgan fingerprint density at radius 2 is 2.15 bits per heavy atom. The van der Waals surface area contributed by atoms with Gasteiger partial charge in [-0.2, -0.15) is 5.10 Å². The number of rotatable bonds is 2. The fourth-order valence-electron chi connectivity index (χ4n) is 0.890. The van der Waals surface area contributed by atoms with Crippen molar-refractivity contribution >= 4 is 25.5 Å². The summed E-state index contributed by atoms with van der Waals surface area (Å²) in [6, 6.07) is 1.14. The van der Waals surface area contributed by atoms with Crippen molar-refractivity contribution in [1.82, 2.24) is 9.78 Å². The zero-order valence-corrected chi connectivity index (χ0v) is 8.56. The van der Waals surface area contributed by atoms with Crippen LogP contribution in [-0.4, -0.2) is 24.0 Å². The van der Waals surface area contributed by atoms with Crippen LogP contribution in [0.4, 0.5) is 0 Å². The van der Waals surface area contributed by atoms with E-state index < -0.39 is 9.05 Å². The van der Waals surface area contributed by atoms with E-state index in [2.05, 4.69) is 5.10 Å². The summed E-state index contributed by atoms with van der Waals surface area (Å²) in [4.78, 5) is 10.9. The normalized spacial score (nSPS) is 11.6. The van der Waals surface area contributed by atoms with Gasteiger partial charge in [0.15, 0.2) is 10.8 Å². The molecular formula is C6H7ClN2O3S. The molecule has 0 aliphatic carbocycles. The molecule has 13 heavy (non-hydrogen) atoms. The summed E-state index contributed by atoms with van der Waals surface area (Å²) in [6.45, 7) is 1.32. The van der Waals surface area contributed by atoms with Crippen LogP contribution in [-0.2, 0) is 16.1 Å². The van der Waals surface area contributed by atoms with Crippen molar-refractivity contribution in [3.05, 3.63) is 11.8 Å². The lowest BCUT2D eigenvalue weighted by atomic mass is 10.3. The van der Waals surface area contributed by atoms with Crippen molar-refractivity contribution in [2.24, 2.45) is 7.05 Å². The lowest BCUT2D eigenvalue weighted by molar-refractivity contribution is 0.100. The molecule has 1 aromatic rings. The van der Waals surface area contributed by atoms with Crippen LogP contribution in [0.15, 0.2) is 11.1 Å². The number of aromatic nitrogens is 2. The minimum atomic E-state index is -3.85. The second kappa shape index (κ2) is 3.12. The number of aryl methyl sites for hydroxylation is 1. The largest absolute Gasteiger partial charge is 0.293 e. The monoisotopic (exact) mass is 222 g/mol. The summed E-state index contributed by atoms with van der Waals surface area (Å²) in [5.74, 6) is -0.262. The highest BCUT2D eigenvalue weighted by Gasteiger charge is 2.18. The van der Waals surface area contributed by atoms with Crippen LogP contribution in [0.25, 0.3) is 0 Å². The third-order valence-electron chi connectivity index (χ3n) is 1.47. The van der Waals surface area contributed by atoms with Crippen molar-refractivity contribution in [2.75, 3.05) is 0 Å². The van der Waals surface area contributed by atoms with E-state index in [-0.39, 0.29) is 16.5 Å². The van der Waals surface area contributed by atoms with Crippen LogP contribution in [0.3, 0.4) is 0 Å². The number of nitrogens with zero attached hydrogens (tertiary/aromatic N) is 2. The quantitative estimate of drug-likeness (QED) is 0.541. The van der Waals surface area contributed by atoms with Gasteiger partial charge < -0.3 is 0 Å². The zero-order chi connectivity index (χ0) is 10.2. The van der Waals surface area contributed by atoms with Crippen LogP contribution >= 0.6 is 10.7 Å². The van der Waals surface area contributed by atoms with Crippen molar-refractivity contribution in [1.29, 1.82) is 0 Å². The van der Waals surface area contributed by atoms with Gasteiger partial charge in [-0.1, -0.05) is 0 Å². The molecule has 0 atom stereocenters. The predicted molar refractivity (Wildman–Crippen MR) is 46.3 cm³/mol. The number of hydrogen-bond donors (Lipinski definition) is 0. The standard InChI is InChI=1S/C6H7ClN2O3S/c1-4(10)5-3-6(8-9(5)2)13(7,11)12/h3H,1-2H3. The minimum absolute atomic E-state index is 0.208. The Morgan fingerprint density at radius 3 is 2.38 bits per heavy atom. The first-order valence-corrected chi connectivity index (χ1v) is 5.63. The Balaban J connectivity index is 3.33.